The van der Waals surface area contributed by atoms with Crippen molar-refractivity contribution in [1.29, 1.82) is 5.26 Å². The zero-order valence-corrected chi connectivity index (χ0v) is 38.5. The average Bonchev–Trinajstić information content (AvgIpc) is 3.21. The van der Waals surface area contributed by atoms with Gasteiger partial charge in [-0.15, -0.1) is 0 Å². The molecule has 2 aromatic carbocycles. The number of methoxy groups -OCH3 is 4. The van der Waals surface area contributed by atoms with E-state index in [1.54, 1.807) is 34.5 Å². The predicted octanol–water partition coefficient (Wildman–Crippen LogP) is 7.55. The van der Waals surface area contributed by atoms with Gasteiger partial charge in [0.1, 0.15) is 24.5 Å². The van der Waals surface area contributed by atoms with Gasteiger partial charge in [-0.3, -0.25) is 14.0 Å². The van der Waals surface area contributed by atoms with Gasteiger partial charge in [-0.05, 0) is 84.0 Å². The fourth-order valence-electron chi connectivity index (χ4n) is 9.36. The molecule has 0 saturated carbocycles. The number of piperidine rings is 2. The summed E-state index contributed by atoms with van der Waals surface area (Å²) in [7, 11) is 2.95. The summed E-state index contributed by atoms with van der Waals surface area (Å²) in [5.41, 5.74) is 2.30. The number of nitrogens with zero attached hydrogens (tertiary/aromatic N) is 3. The van der Waals surface area contributed by atoms with Gasteiger partial charge in [0, 0.05) is 69.9 Å². The maximum absolute atomic E-state index is 12.7. The molecule has 6 atom stereocenters. The van der Waals surface area contributed by atoms with Crippen molar-refractivity contribution in [1.82, 2.24) is 9.80 Å². The van der Waals surface area contributed by atoms with Crippen LogP contribution in [0.2, 0.25) is 0 Å². The molecule has 0 spiro atoms. The first-order chi connectivity index (χ1) is 28.9. The molecule has 0 aliphatic carbocycles. The van der Waals surface area contributed by atoms with Crippen LogP contribution in [-0.4, -0.2) is 114 Å². The van der Waals surface area contributed by atoms with Gasteiger partial charge in [-0.1, -0.05) is 66.2 Å². The summed E-state index contributed by atoms with van der Waals surface area (Å²) in [4.78, 5) is 4.86. The highest BCUT2D eigenvalue weighted by molar-refractivity contribution is 7.86. The van der Waals surface area contributed by atoms with Gasteiger partial charge in [-0.25, -0.2) is 4.39 Å². The van der Waals surface area contributed by atoms with E-state index in [1.807, 2.05) is 24.3 Å². The van der Waals surface area contributed by atoms with Crippen LogP contribution in [0.3, 0.4) is 0 Å². The Kier molecular flexibility index (Phi) is 21.2. The summed E-state index contributed by atoms with van der Waals surface area (Å²) in [6, 6.07) is 9.90. The van der Waals surface area contributed by atoms with Crippen molar-refractivity contribution in [2.45, 2.75) is 111 Å². The van der Waals surface area contributed by atoms with Crippen LogP contribution in [0.4, 0.5) is 4.39 Å². The number of hydrogen-bond donors (Lipinski definition) is 2. The molecule has 63 heavy (non-hydrogen) atoms. The second kappa shape index (κ2) is 24.3. The van der Waals surface area contributed by atoms with Gasteiger partial charge < -0.3 is 29.2 Å². The van der Waals surface area contributed by atoms with E-state index < -0.39 is 28.0 Å². The Morgan fingerprint density at radius 2 is 1.11 bits per heavy atom. The summed E-state index contributed by atoms with van der Waals surface area (Å²) in [5, 5.41) is 30.3. The monoisotopic (exact) mass is 899 g/mol. The first-order valence-electron chi connectivity index (χ1n) is 21.0. The van der Waals surface area contributed by atoms with Gasteiger partial charge in [0.25, 0.3) is 10.1 Å². The summed E-state index contributed by atoms with van der Waals surface area (Å²) >= 11 is 0. The molecular formula is C49H74FN3O9S. The Hall–Kier alpha value is -4.07. The van der Waals surface area contributed by atoms with Crippen molar-refractivity contribution in [3.63, 3.8) is 0 Å². The van der Waals surface area contributed by atoms with Crippen molar-refractivity contribution in [2.24, 2.45) is 23.7 Å². The smallest absolute Gasteiger partial charge is 0.265 e. The Balaban J connectivity index is 0.000000399. The third kappa shape index (κ3) is 14.0. The van der Waals surface area contributed by atoms with Crippen molar-refractivity contribution >= 4 is 10.1 Å². The topological polar surface area (TPSA) is 151 Å². The third-order valence-electron chi connectivity index (χ3n) is 12.0. The van der Waals surface area contributed by atoms with Crippen LogP contribution in [0.5, 0.6) is 23.0 Å². The number of ether oxygens (including phenoxy) is 4. The van der Waals surface area contributed by atoms with Crippen molar-refractivity contribution in [3.8, 4) is 52.7 Å². The van der Waals surface area contributed by atoms with E-state index in [1.165, 1.54) is 18.1 Å². The largest absolute Gasteiger partial charge is 0.493 e. The lowest BCUT2D eigenvalue weighted by atomic mass is 9.71. The third-order valence-corrected chi connectivity index (χ3v) is 12.6. The molecule has 12 nitrogen and oxygen atoms in total. The standard InChI is InChI=1S/C23H33NO6S.C22H30FNO3.C2H3N.2CH4/c1-16(2)11-18-15-24-9-7-17-12-21(28-3)22(29-4)13-19(17)20(24)14-23(18,25)8-6-10-30-31(5,26)27;1-15(2)10-17-14-24-9-6-16-11-20(26-3)21(27-4)12-18(16)19(24)13-22(17,25)7-5-8-23;1-2-3;;/h12-13,16,18,20,25H,7,9-11,14-15H2,1-5H3;11-12,15,17,19,25H,6,8-10,13-14H2,1-4H3;1H3;2*1H4/t18-,20-,23-;17-,19-,22-;;;/m11.../s1/i;23-1;;;. The number of halogens is 1. The van der Waals surface area contributed by atoms with Crippen LogP contribution in [-0.2, 0) is 27.1 Å². The number of hydrogen-bond acceptors (Lipinski definition) is 12. The molecule has 0 aromatic heterocycles. The average molecular weight is 899 g/mol. The molecule has 0 radical (unpaired) electrons. The number of benzene rings is 2. The normalized spacial score (nSPS) is 24.6. The molecule has 4 aliphatic rings. The SMILES string of the molecule is C.C.CC#N.COc1cc2c(cc1OC)[C@H]1C[C@](O)(C#CCOS(C)(=O)=O)[C@H](CC(C)C)CN1CC2.COc1cc2c(cc1OC)[C@H]1C[C@](O)(C#CC[18F])[C@H](CC(C)C)CN1CC2. The molecule has 4 heterocycles. The van der Waals surface area contributed by atoms with Crippen LogP contribution in [0.15, 0.2) is 24.3 Å². The number of rotatable bonds is 10. The first-order valence-corrected chi connectivity index (χ1v) is 22.8. The molecule has 6 rings (SSSR count). The van der Waals surface area contributed by atoms with Crippen LogP contribution >= 0.6 is 0 Å². The highest BCUT2D eigenvalue weighted by Crippen LogP contribution is 2.48. The maximum atomic E-state index is 12.7. The van der Waals surface area contributed by atoms with E-state index in [-0.39, 0.29) is 45.4 Å². The molecule has 2 N–H and O–H groups in total. The molecule has 14 heteroatoms. The Labute approximate surface area is 378 Å². The summed E-state index contributed by atoms with van der Waals surface area (Å²) in [6.45, 7) is 12.4. The highest BCUT2D eigenvalue weighted by Gasteiger charge is 2.48. The maximum Gasteiger partial charge on any atom is 0.265 e. The zero-order valence-electron chi connectivity index (χ0n) is 37.6. The molecule has 0 bridgehead atoms. The van der Waals surface area contributed by atoms with E-state index in [0.717, 1.165) is 75.0 Å². The van der Waals surface area contributed by atoms with E-state index in [2.05, 4.69) is 61.2 Å². The molecule has 0 unspecified atom stereocenters. The number of fused-ring (bicyclic) bond motifs is 6. The van der Waals surface area contributed by atoms with Gasteiger partial charge in [0.2, 0.25) is 0 Å². The van der Waals surface area contributed by atoms with Crippen LogP contribution in [0.1, 0.15) is 109 Å². The minimum Gasteiger partial charge on any atom is -0.493 e. The van der Waals surface area contributed by atoms with E-state index in [0.29, 0.717) is 41.9 Å². The molecule has 2 fully saturated rings. The van der Waals surface area contributed by atoms with Crippen molar-refractivity contribution < 1.29 is 46.2 Å². The van der Waals surface area contributed by atoms with E-state index in [4.69, 9.17) is 28.4 Å². The Morgan fingerprint density at radius 3 is 1.44 bits per heavy atom. The Bertz CT molecular complexity index is 2090. The van der Waals surface area contributed by atoms with Gasteiger partial charge in [0.15, 0.2) is 23.0 Å². The lowest BCUT2D eigenvalue weighted by Crippen LogP contribution is -2.54. The fourth-order valence-corrected chi connectivity index (χ4v) is 9.63. The molecule has 4 aliphatic heterocycles. The number of alkyl halides is 1. The predicted molar refractivity (Wildman–Crippen MR) is 247 cm³/mol. The zero-order chi connectivity index (χ0) is 45.1. The molecule has 0 amide bonds. The van der Waals surface area contributed by atoms with Crippen LogP contribution in [0.25, 0.3) is 0 Å². The fraction of sp³-hybridized carbons (Fsp3) is 0.653. The van der Waals surface area contributed by atoms with E-state index >= 15 is 0 Å². The Morgan fingerprint density at radius 1 is 0.746 bits per heavy atom. The first kappa shape index (κ1) is 55.1. The van der Waals surface area contributed by atoms with Crippen LogP contribution < -0.4 is 18.9 Å². The number of nitriles is 1. The highest BCUT2D eigenvalue weighted by atomic mass is 32.2. The quantitative estimate of drug-likeness (QED) is 0.179. The summed E-state index contributed by atoms with van der Waals surface area (Å²) in [6.07, 6.45) is 5.48. The van der Waals surface area contributed by atoms with E-state index in [9.17, 15) is 23.0 Å². The minimum absolute atomic E-state index is 0. The second-order valence-corrected chi connectivity index (χ2v) is 18.8. The van der Waals surface area contributed by atoms with Crippen molar-refractivity contribution in [3.05, 3.63) is 46.5 Å². The molecule has 352 valence electrons. The minimum atomic E-state index is -3.57. The van der Waals surface area contributed by atoms with Gasteiger partial charge in [0.05, 0.1) is 40.8 Å². The summed E-state index contributed by atoms with van der Waals surface area (Å²) < 4.78 is 61.8. The molecule has 2 aromatic rings. The van der Waals surface area contributed by atoms with Gasteiger partial charge >= 0.3 is 0 Å². The van der Waals surface area contributed by atoms with Crippen LogP contribution in [0, 0.1) is 58.7 Å². The van der Waals surface area contributed by atoms with Crippen molar-refractivity contribution in [2.75, 3.05) is 74.2 Å². The summed E-state index contributed by atoms with van der Waals surface area (Å²) in [5.74, 6) is 14.7. The molecule has 2 saturated heterocycles. The molecular weight excluding hydrogens is 825 g/mol. The lowest BCUT2D eigenvalue weighted by Gasteiger charge is -2.50. The van der Waals surface area contributed by atoms with Gasteiger partial charge in [-0.2, -0.15) is 13.7 Å². The number of aliphatic hydroxyl groups is 2. The second-order valence-electron chi connectivity index (χ2n) is 17.2. The lowest BCUT2D eigenvalue weighted by molar-refractivity contribution is -0.0650.